The van der Waals surface area contributed by atoms with E-state index in [1.807, 2.05) is 7.11 Å². The van der Waals surface area contributed by atoms with E-state index in [2.05, 4.69) is 19.2 Å². The predicted molar refractivity (Wildman–Crippen MR) is 87.7 cm³/mol. The molecule has 3 nitrogen and oxygen atoms in total. The highest BCUT2D eigenvalue weighted by Crippen LogP contribution is 2.38. The molecule has 0 amide bonds. The van der Waals surface area contributed by atoms with E-state index < -0.39 is 0 Å². The molecule has 2 rings (SSSR count). The first-order valence-corrected chi connectivity index (χ1v) is 9.12. The maximum atomic E-state index is 6.70. The van der Waals surface area contributed by atoms with Crippen LogP contribution in [0.4, 0.5) is 0 Å². The van der Waals surface area contributed by atoms with Gasteiger partial charge >= 0.3 is 0 Å². The number of rotatable bonds is 7. The van der Waals surface area contributed by atoms with E-state index in [4.69, 9.17) is 9.47 Å². The molecule has 0 heterocycles. The van der Waals surface area contributed by atoms with Crippen molar-refractivity contribution in [3.8, 4) is 0 Å². The summed E-state index contributed by atoms with van der Waals surface area (Å²) in [6, 6.07) is 0. The minimum Gasteiger partial charge on any atom is -0.381 e. The van der Waals surface area contributed by atoms with Crippen LogP contribution in [-0.2, 0) is 9.47 Å². The number of likely N-dealkylation sites (N-methyl/N-ethyl adjacent to an activating group) is 1. The maximum Gasteiger partial charge on any atom is 0.0810 e. The van der Waals surface area contributed by atoms with Gasteiger partial charge in [0.2, 0.25) is 0 Å². The van der Waals surface area contributed by atoms with Crippen molar-refractivity contribution in [3.63, 3.8) is 0 Å². The highest BCUT2D eigenvalue weighted by atomic mass is 16.5. The highest BCUT2D eigenvalue weighted by molar-refractivity contribution is 4.91. The van der Waals surface area contributed by atoms with Crippen LogP contribution in [0.3, 0.4) is 0 Å². The van der Waals surface area contributed by atoms with Crippen LogP contribution in [0.2, 0.25) is 0 Å². The van der Waals surface area contributed by atoms with Gasteiger partial charge in [-0.05, 0) is 63.8 Å². The first-order chi connectivity index (χ1) is 10.2. The molecule has 124 valence electrons. The second kappa shape index (κ2) is 8.50. The topological polar surface area (TPSA) is 30.5 Å². The third kappa shape index (κ3) is 4.94. The molecule has 2 unspecified atom stereocenters. The van der Waals surface area contributed by atoms with E-state index in [0.29, 0.717) is 12.2 Å². The van der Waals surface area contributed by atoms with Crippen LogP contribution in [0.15, 0.2) is 0 Å². The third-order valence-corrected chi connectivity index (χ3v) is 5.62. The first kappa shape index (κ1) is 17.2. The molecule has 2 atom stereocenters. The van der Waals surface area contributed by atoms with Gasteiger partial charge < -0.3 is 14.8 Å². The summed E-state index contributed by atoms with van der Waals surface area (Å²) < 4.78 is 12.3. The minimum absolute atomic E-state index is 0.0853. The van der Waals surface area contributed by atoms with Gasteiger partial charge in [-0.3, -0.25) is 0 Å². The van der Waals surface area contributed by atoms with Crippen molar-refractivity contribution in [3.05, 3.63) is 0 Å². The summed E-state index contributed by atoms with van der Waals surface area (Å²) in [6.07, 6.45) is 12.0. The minimum atomic E-state index is 0.0853. The molecule has 0 radical (unpaired) electrons. The molecule has 0 spiro atoms. The fourth-order valence-corrected chi connectivity index (χ4v) is 4.08. The Bertz CT molecular complexity index is 287. The van der Waals surface area contributed by atoms with Crippen LogP contribution in [0.5, 0.6) is 0 Å². The van der Waals surface area contributed by atoms with Crippen molar-refractivity contribution in [2.75, 3.05) is 20.2 Å². The molecule has 2 fully saturated rings. The molecule has 1 N–H and O–H groups in total. The van der Waals surface area contributed by atoms with Crippen molar-refractivity contribution in [2.45, 2.75) is 89.4 Å². The normalized spacial score (nSPS) is 37.6. The lowest BCUT2D eigenvalue weighted by Gasteiger charge is -2.44. The molecular formula is C18H35NO2. The first-order valence-electron chi connectivity index (χ1n) is 9.12. The number of methoxy groups -OCH3 is 1. The van der Waals surface area contributed by atoms with Crippen LogP contribution in [-0.4, -0.2) is 38.0 Å². The Hall–Kier alpha value is -0.120. The van der Waals surface area contributed by atoms with Gasteiger partial charge in [-0.2, -0.15) is 0 Å². The summed E-state index contributed by atoms with van der Waals surface area (Å²) in [4.78, 5) is 0. The molecular weight excluding hydrogens is 262 g/mol. The van der Waals surface area contributed by atoms with Gasteiger partial charge in [-0.1, -0.05) is 20.3 Å². The van der Waals surface area contributed by atoms with Crippen LogP contribution < -0.4 is 5.32 Å². The van der Waals surface area contributed by atoms with E-state index in [9.17, 15) is 0 Å². The van der Waals surface area contributed by atoms with Crippen LogP contribution in [0.25, 0.3) is 0 Å². The molecule has 0 aromatic heterocycles. The van der Waals surface area contributed by atoms with Gasteiger partial charge in [0.05, 0.1) is 17.8 Å². The lowest BCUT2D eigenvalue weighted by atomic mass is 9.77. The van der Waals surface area contributed by atoms with Crippen molar-refractivity contribution in [2.24, 2.45) is 5.92 Å². The summed E-state index contributed by atoms with van der Waals surface area (Å²) in [5.74, 6) is 0.918. The maximum absolute atomic E-state index is 6.70. The van der Waals surface area contributed by atoms with Gasteiger partial charge in [-0.15, -0.1) is 0 Å². The Kier molecular flexibility index (Phi) is 6.97. The standard InChI is InChI=1S/C18H35NO2/c1-4-15-9-11-18(12-10-15,14-19-5-2)21-17-8-6-7-16(13-17)20-3/h15-17,19H,4-14H2,1-3H3. The molecule has 0 aromatic rings. The van der Waals surface area contributed by atoms with Crippen LogP contribution >= 0.6 is 0 Å². The number of nitrogens with one attached hydrogen (secondary N) is 1. The summed E-state index contributed by atoms with van der Waals surface area (Å²) in [5, 5.41) is 3.55. The van der Waals surface area contributed by atoms with E-state index in [1.165, 1.54) is 51.4 Å². The second-order valence-electron chi connectivity index (χ2n) is 7.08. The zero-order valence-electron chi connectivity index (χ0n) is 14.3. The number of hydrogen-bond acceptors (Lipinski definition) is 3. The fraction of sp³-hybridized carbons (Fsp3) is 1.00. The average molecular weight is 297 g/mol. The third-order valence-electron chi connectivity index (χ3n) is 5.62. The molecule has 0 aliphatic heterocycles. The molecule has 21 heavy (non-hydrogen) atoms. The van der Waals surface area contributed by atoms with Crippen molar-refractivity contribution < 1.29 is 9.47 Å². The van der Waals surface area contributed by atoms with Gasteiger partial charge in [0.25, 0.3) is 0 Å². The summed E-state index contributed by atoms with van der Waals surface area (Å²) in [7, 11) is 1.84. The molecule has 2 aliphatic rings. The molecule has 3 heteroatoms. The van der Waals surface area contributed by atoms with E-state index in [0.717, 1.165) is 25.4 Å². The van der Waals surface area contributed by atoms with Crippen molar-refractivity contribution in [1.82, 2.24) is 5.32 Å². The zero-order valence-corrected chi connectivity index (χ0v) is 14.3. The SMILES string of the molecule is CCNCC1(OC2CCCC(OC)C2)CCC(CC)CC1. The molecule has 2 saturated carbocycles. The van der Waals surface area contributed by atoms with Gasteiger partial charge in [-0.25, -0.2) is 0 Å². The molecule has 0 aromatic carbocycles. The van der Waals surface area contributed by atoms with Gasteiger partial charge in [0, 0.05) is 13.7 Å². The Labute approximate surface area is 131 Å². The molecule has 0 saturated heterocycles. The van der Waals surface area contributed by atoms with Crippen molar-refractivity contribution in [1.29, 1.82) is 0 Å². The Morgan fingerprint density at radius 1 is 1.05 bits per heavy atom. The predicted octanol–water partition coefficient (Wildman–Crippen LogP) is 3.91. The number of hydrogen-bond donors (Lipinski definition) is 1. The smallest absolute Gasteiger partial charge is 0.0810 e. The lowest BCUT2D eigenvalue weighted by Crippen LogP contribution is -2.49. The monoisotopic (exact) mass is 297 g/mol. The van der Waals surface area contributed by atoms with Crippen molar-refractivity contribution >= 4 is 0 Å². The molecule has 2 aliphatic carbocycles. The summed E-state index contributed by atoms with van der Waals surface area (Å²) >= 11 is 0. The summed E-state index contributed by atoms with van der Waals surface area (Å²) in [6.45, 7) is 6.57. The van der Waals surface area contributed by atoms with E-state index in [1.54, 1.807) is 0 Å². The fourth-order valence-electron chi connectivity index (χ4n) is 4.08. The Morgan fingerprint density at radius 2 is 1.76 bits per heavy atom. The Balaban J connectivity index is 1.92. The largest absolute Gasteiger partial charge is 0.381 e. The molecule has 0 bridgehead atoms. The Morgan fingerprint density at radius 3 is 2.38 bits per heavy atom. The van der Waals surface area contributed by atoms with Crippen LogP contribution in [0, 0.1) is 5.92 Å². The van der Waals surface area contributed by atoms with Gasteiger partial charge in [0.1, 0.15) is 0 Å². The highest BCUT2D eigenvalue weighted by Gasteiger charge is 2.38. The zero-order chi connectivity index (χ0) is 15.1. The van der Waals surface area contributed by atoms with E-state index in [-0.39, 0.29) is 5.60 Å². The summed E-state index contributed by atoms with van der Waals surface area (Å²) in [5.41, 5.74) is 0.0853. The second-order valence-corrected chi connectivity index (χ2v) is 7.08. The average Bonchev–Trinajstić information content (AvgIpc) is 2.54. The lowest BCUT2D eigenvalue weighted by molar-refractivity contribution is -0.140. The van der Waals surface area contributed by atoms with Gasteiger partial charge in [0.15, 0.2) is 0 Å². The number of ether oxygens (including phenoxy) is 2. The van der Waals surface area contributed by atoms with E-state index >= 15 is 0 Å². The quantitative estimate of drug-likeness (QED) is 0.773. The van der Waals surface area contributed by atoms with Crippen LogP contribution in [0.1, 0.15) is 71.6 Å².